The van der Waals surface area contributed by atoms with Crippen LogP contribution in [0.5, 0.6) is 0 Å². The molecular weight excluding hydrogens is 274 g/mol. The molecule has 0 unspecified atom stereocenters. The van der Waals surface area contributed by atoms with Gasteiger partial charge in [-0.15, -0.1) is 0 Å². The number of hydrogen-bond donors (Lipinski definition) is 1. The van der Waals surface area contributed by atoms with Gasteiger partial charge in [0.25, 0.3) is 10.0 Å². The van der Waals surface area contributed by atoms with Crippen LogP contribution in [0.25, 0.3) is 0 Å². The van der Waals surface area contributed by atoms with Gasteiger partial charge in [0.15, 0.2) is 0 Å². The zero-order valence-corrected chi connectivity index (χ0v) is 12.3. The van der Waals surface area contributed by atoms with E-state index in [4.69, 9.17) is 0 Å². The third-order valence-corrected chi connectivity index (χ3v) is 4.68. The minimum atomic E-state index is -3.64. The van der Waals surface area contributed by atoms with E-state index in [1.807, 2.05) is 6.92 Å². The van der Waals surface area contributed by atoms with Crippen molar-refractivity contribution in [2.45, 2.75) is 11.8 Å². The van der Waals surface area contributed by atoms with Gasteiger partial charge in [0, 0.05) is 19.8 Å². The molecule has 0 aliphatic rings. The zero-order valence-electron chi connectivity index (χ0n) is 11.4. The molecule has 5 nitrogen and oxygen atoms in total. The maximum absolute atomic E-state index is 12.7. The Morgan fingerprint density at radius 3 is 2.50 bits per heavy atom. The number of pyridine rings is 1. The highest BCUT2D eigenvalue weighted by Crippen LogP contribution is 2.26. The van der Waals surface area contributed by atoms with E-state index in [2.05, 4.69) is 10.3 Å². The zero-order chi connectivity index (χ0) is 14.6. The minimum absolute atomic E-state index is 0.245. The Morgan fingerprint density at radius 1 is 1.15 bits per heavy atom. The number of benzene rings is 1. The molecule has 20 heavy (non-hydrogen) atoms. The number of hydrogen-bond acceptors (Lipinski definition) is 4. The van der Waals surface area contributed by atoms with E-state index < -0.39 is 10.0 Å². The van der Waals surface area contributed by atoms with Gasteiger partial charge in [-0.05, 0) is 31.2 Å². The van der Waals surface area contributed by atoms with Crippen LogP contribution in [0.4, 0.5) is 11.5 Å². The van der Waals surface area contributed by atoms with Gasteiger partial charge in [-0.2, -0.15) is 0 Å². The Labute approximate surface area is 119 Å². The molecule has 0 amide bonds. The lowest BCUT2D eigenvalue weighted by Gasteiger charge is -2.20. The SMILES string of the molecule is CCNc1ccccc1S(=O)(=O)N(C)c1ccccn1. The van der Waals surface area contributed by atoms with Crippen LogP contribution in [-0.4, -0.2) is 27.0 Å². The highest BCUT2D eigenvalue weighted by Gasteiger charge is 2.24. The molecule has 0 saturated carbocycles. The molecule has 0 atom stereocenters. The summed E-state index contributed by atoms with van der Waals surface area (Å²) in [7, 11) is -2.14. The summed E-state index contributed by atoms with van der Waals surface area (Å²) in [6.07, 6.45) is 1.57. The Bertz CT molecular complexity index is 672. The van der Waals surface area contributed by atoms with Crippen molar-refractivity contribution in [1.82, 2.24) is 4.98 Å². The first kappa shape index (κ1) is 14.3. The van der Waals surface area contributed by atoms with Crippen LogP contribution < -0.4 is 9.62 Å². The Kier molecular flexibility index (Phi) is 4.24. The molecular formula is C14H17N3O2S. The monoisotopic (exact) mass is 291 g/mol. The number of sulfonamides is 1. The summed E-state index contributed by atoms with van der Waals surface area (Å²) in [5, 5.41) is 3.06. The van der Waals surface area contributed by atoms with Crippen LogP contribution in [0.2, 0.25) is 0 Å². The number of nitrogens with zero attached hydrogens (tertiary/aromatic N) is 2. The minimum Gasteiger partial charge on any atom is -0.384 e. The van der Waals surface area contributed by atoms with Gasteiger partial charge in [0.1, 0.15) is 10.7 Å². The Balaban J connectivity index is 2.45. The molecule has 0 saturated heterocycles. The van der Waals surface area contributed by atoms with E-state index in [9.17, 15) is 8.42 Å². The summed E-state index contributed by atoms with van der Waals surface area (Å²) in [5.74, 6) is 0.388. The third kappa shape index (κ3) is 2.75. The first-order valence-corrected chi connectivity index (χ1v) is 7.74. The molecule has 1 heterocycles. The maximum Gasteiger partial charge on any atom is 0.267 e. The van der Waals surface area contributed by atoms with Crippen LogP contribution in [0.3, 0.4) is 0 Å². The summed E-state index contributed by atoms with van der Waals surface area (Å²) in [6, 6.07) is 12.0. The van der Waals surface area contributed by atoms with Crippen molar-refractivity contribution in [3.8, 4) is 0 Å². The lowest BCUT2D eigenvalue weighted by Crippen LogP contribution is -2.28. The highest BCUT2D eigenvalue weighted by molar-refractivity contribution is 7.93. The standard InChI is InChI=1S/C14H17N3O2S/c1-3-15-12-8-4-5-9-13(12)20(18,19)17(2)14-10-6-7-11-16-14/h4-11,15H,3H2,1-2H3. The number of rotatable bonds is 5. The van der Waals surface area contributed by atoms with Crippen LogP contribution >= 0.6 is 0 Å². The summed E-state index contributed by atoms with van der Waals surface area (Å²) in [4.78, 5) is 4.32. The summed E-state index contributed by atoms with van der Waals surface area (Å²) in [5.41, 5.74) is 0.595. The van der Waals surface area contributed by atoms with E-state index in [0.29, 0.717) is 18.1 Å². The van der Waals surface area contributed by atoms with Gasteiger partial charge in [0.2, 0.25) is 0 Å². The van der Waals surface area contributed by atoms with Crippen molar-refractivity contribution in [3.05, 3.63) is 48.7 Å². The van der Waals surface area contributed by atoms with Crippen LogP contribution in [0.1, 0.15) is 6.92 Å². The van der Waals surface area contributed by atoms with Crippen LogP contribution in [-0.2, 0) is 10.0 Å². The number of para-hydroxylation sites is 1. The first-order chi connectivity index (χ1) is 9.57. The van der Waals surface area contributed by atoms with Crippen LogP contribution in [0, 0.1) is 0 Å². The maximum atomic E-state index is 12.7. The van der Waals surface area contributed by atoms with Gasteiger partial charge in [0.05, 0.1) is 5.69 Å². The normalized spacial score (nSPS) is 11.1. The predicted molar refractivity (Wildman–Crippen MR) is 80.4 cm³/mol. The first-order valence-electron chi connectivity index (χ1n) is 6.30. The third-order valence-electron chi connectivity index (χ3n) is 2.86. The summed E-state index contributed by atoms with van der Waals surface area (Å²) < 4.78 is 26.5. The fraction of sp³-hybridized carbons (Fsp3) is 0.214. The largest absolute Gasteiger partial charge is 0.384 e. The van der Waals surface area contributed by atoms with E-state index >= 15 is 0 Å². The molecule has 2 aromatic rings. The molecule has 2 rings (SSSR count). The van der Waals surface area contributed by atoms with Crippen LogP contribution in [0.15, 0.2) is 53.6 Å². The van der Waals surface area contributed by atoms with E-state index in [1.54, 1.807) is 48.7 Å². The van der Waals surface area contributed by atoms with Crippen molar-refractivity contribution in [1.29, 1.82) is 0 Å². The molecule has 1 N–H and O–H groups in total. The van der Waals surface area contributed by atoms with Gasteiger partial charge in [-0.25, -0.2) is 13.4 Å². The van der Waals surface area contributed by atoms with Crippen molar-refractivity contribution >= 4 is 21.5 Å². The van der Waals surface area contributed by atoms with E-state index in [-0.39, 0.29) is 4.90 Å². The summed E-state index contributed by atoms with van der Waals surface area (Å²) in [6.45, 7) is 2.58. The second-order valence-electron chi connectivity index (χ2n) is 4.19. The molecule has 1 aromatic carbocycles. The molecule has 6 heteroatoms. The molecule has 0 bridgehead atoms. The lowest BCUT2D eigenvalue weighted by molar-refractivity contribution is 0.594. The highest BCUT2D eigenvalue weighted by atomic mass is 32.2. The Hall–Kier alpha value is -2.08. The fourth-order valence-electron chi connectivity index (χ4n) is 1.84. The average molecular weight is 291 g/mol. The average Bonchev–Trinajstić information content (AvgIpc) is 2.48. The molecule has 0 spiro atoms. The van der Waals surface area contributed by atoms with Crippen molar-refractivity contribution in [2.75, 3.05) is 23.2 Å². The predicted octanol–water partition coefficient (Wildman–Crippen LogP) is 2.34. The molecule has 0 radical (unpaired) electrons. The number of aromatic nitrogens is 1. The smallest absolute Gasteiger partial charge is 0.267 e. The number of nitrogens with one attached hydrogen (secondary N) is 1. The van der Waals surface area contributed by atoms with E-state index in [0.717, 1.165) is 0 Å². The topological polar surface area (TPSA) is 62.3 Å². The van der Waals surface area contributed by atoms with E-state index in [1.165, 1.54) is 11.4 Å². The Morgan fingerprint density at radius 2 is 1.85 bits per heavy atom. The van der Waals surface area contributed by atoms with Gasteiger partial charge in [-0.3, -0.25) is 4.31 Å². The van der Waals surface area contributed by atoms with Gasteiger partial charge >= 0.3 is 0 Å². The van der Waals surface area contributed by atoms with Gasteiger partial charge in [-0.1, -0.05) is 18.2 Å². The second-order valence-corrected chi connectivity index (χ2v) is 6.12. The molecule has 0 fully saturated rings. The quantitative estimate of drug-likeness (QED) is 0.918. The molecule has 0 aliphatic heterocycles. The second kappa shape index (κ2) is 5.92. The van der Waals surface area contributed by atoms with Crippen molar-refractivity contribution < 1.29 is 8.42 Å². The summed E-state index contributed by atoms with van der Waals surface area (Å²) >= 11 is 0. The lowest BCUT2D eigenvalue weighted by atomic mass is 10.3. The van der Waals surface area contributed by atoms with Crippen molar-refractivity contribution in [2.24, 2.45) is 0 Å². The number of anilines is 2. The molecule has 0 aliphatic carbocycles. The fourth-order valence-corrected chi connectivity index (χ4v) is 3.16. The molecule has 1 aromatic heterocycles. The molecule has 106 valence electrons. The van der Waals surface area contributed by atoms with Gasteiger partial charge < -0.3 is 5.32 Å². The van der Waals surface area contributed by atoms with Crippen molar-refractivity contribution in [3.63, 3.8) is 0 Å².